The molecular weight excluding hydrogens is 609 g/mol. The lowest BCUT2D eigenvalue weighted by atomic mass is 10.0. The number of aryl methyl sites for hydroxylation is 2. The second-order valence-corrected chi connectivity index (χ2v) is 11.3. The van der Waals surface area contributed by atoms with Crippen LogP contribution in [0.15, 0.2) is 41.5 Å². The van der Waals surface area contributed by atoms with Crippen molar-refractivity contribution < 1.29 is 19.1 Å². The summed E-state index contributed by atoms with van der Waals surface area (Å²) < 4.78 is 6.99. The van der Waals surface area contributed by atoms with Crippen molar-refractivity contribution in [3.8, 4) is 0 Å². The number of carbonyl (C=O) groups excluding carboxylic acids is 3. The summed E-state index contributed by atoms with van der Waals surface area (Å²) in [5.41, 5.74) is 4.14. The Balaban J connectivity index is 0.00000323. The second-order valence-electron chi connectivity index (χ2n) is 10.3. The Morgan fingerprint density at radius 3 is 2.35 bits per heavy atom. The van der Waals surface area contributed by atoms with E-state index in [-0.39, 0.29) is 43.2 Å². The maximum Gasteiger partial charge on any atom is 0.337 e. The van der Waals surface area contributed by atoms with Gasteiger partial charge in [-0.2, -0.15) is 0 Å². The van der Waals surface area contributed by atoms with Crippen LogP contribution >= 0.6 is 36.2 Å². The predicted octanol–water partition coefficient (Wildman–Crippen LogP) is 7.10. The fourth-order valence-electron chi connectivity index (χ4n) is 4.97. The van der Waals surface area contributed by atoms with E-state index in [1.54, 1.807) is 12.1 Å². The van der Waals surface area contributed by atoms with E-state index in [1.165, 1.54) is 23.3 Å². The fraction of sp³-hybridized carbons (Fsp3) is 0.452. The molecule has 0 atom stereocenters. The van der Waals surface area contributed by atoms with E-state index in [2.05, 4.69) is 28.7 Å². The van der Waals surface area contributed by atoms with Crippen LogP contribution in [0.3, 0.4) is 0 Å². The highest BCUT2D eigenvalue weighted by atomic mass is 35.5. The first kappa shape index (κ1) is 36.0. The first-order valence-electron chi connectivity index (χ1n) is 14.3. The molecule has 1 aliphatic heterocycles. The fourth-order valence-corrected chi connectivity index (χ4v) is 5.57. The number of urea groups is 1. The smallest absolute Gasteiger partial charge is 0.337 e. The van der Waals surface area contributed by atoms with Crippen LogP contribution in [0.5, 0.6) is 0 Å². The Kier molecular flexibility index (Phi) is 14.4. The molecule has 4 rings (SSSR count). The number of rotatable bonds is 14. The number of unbranched alkanes of at least 4 members (excludes halogenated alkanes) is 4. The van der Waals surface area contributed by atoms with Gasteiger partial charge in [0, 0.05) is 23.9 Å². The van der Waals surface area contributed by atoms with Crippen molar-refractivity contribution in [2.75, 3.05) is 7.11 Å². The zero-order chi connectivity index (χ0) is 29.4. The normalized spacial score (nSPS) is 13.8. The molecule has 3 aromatic rings. The summed E-state index contributed by atoms with van der Waals surface area (Å²) in [4.78, 5) is 49.1. The van der Waals surface area contributed by atoms with Crippen LogP contribution in [-0.4, -0.2) is 44.5 Å². The molecule has 234 valence electrons. The van der Waals surface area contributed by atoms with Gasteiger partial charge in [-0.15, -0.1) is 36.2 Å². The Labute approximate surface area is 269 Å². The molecule has 1 N–H and O–H groups in total. The molecule has 2 aromatic heterocycles. The monoisotopic (exact) mass is 649 g/mol. The number of aromatic nitrogens is 3. The molecule has 1 aliphatic rings. The SMILES string of the molecule is CCCCCCC(=C1NC(=O)N(Cc2csc(C)n2)C1=O)c1cnc(CCCC)n1Cc1ccc(C(=O)OC)cc1.Cl.Cl. The second kappa shape index (κ2) is 17.2. The predicted molar refractivity (Wildman–Crippen MR) is 174 cm³/mol. The number of benzene rings is 1. The van der Waals surface area contributed by atoms with Crippen molar-refractivity contribution in [2.24, 2.45) is 0 Å². The maximum absolute atomic E-state index is 13.7. The van der Waals surface area contributed by atoms with Gasteiger partial charge in [0.1, 0.15) is 11.5 Å². The van der Waals surface area contributed by atoms with Gasteiger partial charge in [-0.3, -0.25) is 9.69 Å². The molecule has 1 fully saturated rings. The van der Waals surface area contributed by atoms with Gasteiger partial charge in [0.2, 0.25) is 0 Å². The lowest BCUT2D eigenvalue weighted by Gasteiger charge is -2.17. The lowest BCUT2D eigenvalue weighted by molar-refractivity contribution is -0.123. The molecule has 0 bridgehead atoms. The van der Waals surface area contributed by atoms with Gasteiger partial charge >= 0.3 is 12.0 Å². The minimum atomic E-state index is -0.433. The van der Waals surface area contributed by atoms with Crippen LogP contribution in [0.4, 0.5) is 4.79 Å². The molecule has 0 radical (unpaired) electrons. The van der Waals surface area contributed by atoms with Crippen LogP contribution in [0, 0.1) is 6.92 Å². The number of allylic oxidation sites excluding steroid dienone is 1. The zero-order valence-corrected chi connectivity index (χ0v) is 27.6. The van der Waals surface area contributed by atoms with Crippen molar-refractivity contribution in [1.82, 2.24) is 24.8 Å². The van der Waals surface area contributed by atoms with E-state index in [9.17, 15) is 14.4 Å². The maximum atomic E-state index is 13.7. The average Bonchev–Trinajstić information content (AvgIpc) is 3.65. The van der Waals surface area contributed by atoms with Gasteiger partial charge in [-0.25, -0.2) is 19.6 Å². The van der Waals surface area contributed by atoms with Gasteiger partial charge in [-0.05, 0) is 43.9 Å². The van der Waals surface area contributed by atoms with Gasteiger partial charge in [-0.1, -0.05) is 51.7 Å². The van der Waals surface area contributed by atoms with Gasteiger partial charge < -0.3 is 14.6 Å². The number of imide groups is 1. The average molecular weight is 651 g/mol. The first-order valence-corrected chi connectivity index (χ1v) is 15.2. The van der Waals surface area contributed by atoms with Crippen LogP contribution in [0.1, 0.15) is 96.9 Å². The molecule has 0 unspecified atom stereocenters. The Morgan fingerprint density at radius 1 is 1.00 bits per heavy atom. The van der Waals surface area contributed by atoms with Gasteiger partial charge in [0.15, 0.2) is 0 Å². The van der Waals surface area contributed by atoms with Crippen molar-refractivity contribution in [3.63, 3.8) is 0 Å². The summed E-state index contributed by atoms with van der Waals surface area (Å²) in [5.74, 6) is 0.212. The number of hydrogen-bond acceptors (Lipinski definition) is 7. The van der Waals surface area contributed by atoms with E-state index in [0.29, 0.717) is 29.9 Å². The van der Waals surface area contributed by atoms with E-state index in [1.807, 2.05) is 30.6 Å². The van der Waals surface area contributed by atoms with Crippen LogP contribution in [0.2, 0.25) is 0 Å². The number of halogens is 2. The molecule has 3 heterocycles. The summed E-state index contributed by atoms with van der Waals surface area (Å²) in [6.45, 7) is 6.87. The number of imidazole rings is 1. The number of thiazole rings is 1. The third-order valence-corrected chi connectivity index (χ3v) is 8.04. The van der Waals surface area contributed by atoms with Crippen molar-refractivity contribution in [1.29, 1.82) is 0 Å². The summed E-state index contributed by atoms with van der Waals surface area (Å²) in [7, 11) is 1.37. The first-order chi connectivity index (χ1) is 19.9. The molecule has 0 saturated carbocycles. The molecule has 1 aromatic carbocycles. The molecule has 1 saturated heterocycles. The molecule has 12 heteroatoms. The van der Waals surface area contributed by atoms with Gasteiger partial charge in [0.05, 0.1) is 41.8 Å². The molecule has 0 aliphatic carbocycles. The number of methoxy groups -OCH3 is 1. The number of amides is 3. The summed E-state index contributed by atoms with van der Waals surface area (Å²) >= 11 is 1.50. The van der Waals surface area contributed by atoms with E-state index < -0.39 is 6.03 Å². The third-order valence-electron chi connectivity index (χ3n) is 7.22. The third kappa shape index (κ3) is 8.90. The molecule has 0 spiro atoms. The Bertz CT molecular complexity index is 1420. The molecule has 9 nitrogen and oxygen atoms in total. The topological polar surface area (TPSA) is 106 Å². The Hall–Kier alpha value is -3.21. The number of carbonyl (C=O) groups is 3. The van der Waals surface area contributed by atoms with Crippen molar-refractivity contribution in [2.45, 2.75) is 85.2 Å². The standard InChI is InChI=1S/C31H39N5O4S.2ClH/c1-5-7-9-10-11-25(28-29(37)36(31(39)34-28)19-24-20-41-21(3)33-24)26-17-32-27(12-8-6-2)35(26)18-22-13-15-23(16-14-22)30(38)40-4;;/h13-17,20H,5-12,18-19H2,1-4H3,(H,34,39);2*1H. The van der Waals surface area contributed by atoms with Crippen LogP contribution in [-0.2, 0) is 29.0 Å². The number of hydrogen-bond donors (Lipinski definition) is 1. The highest BCUT2D eigenvalue weighted by molar-refractivity contribution is 7.09. The van der Waals surface area contributed by atoms with E-state index in [4.69, 9.17) is 9.72 Å². The quantitative estimate of drug-likeness (QED) is 0.0864. The highest BCUT2D eigenvalue weighted by Gasteiger charge is 2.37. The summed E-state index contributed by atoms with van der Waals surface area (Å²) in [5, 5.41) is 5.66. The number of nitrogens with one attached hydrogen (secondary N) is 1. The molecule has 3 amide bonds. The Morgan fingerprint density at radius 2 is 1.72 bits per heavy atom. The largest absolute Gasteiger partial charge is 0.465 e. The minimum absolute atomic E-state index is 0. The van der Waals surface area contributed by atoms with E-state index in [0.717, 1.165) is 72.6 Å². The lowest BCUT2D eigenvalue weighted by Crippen LogP contribution is -2.30. The summed E-state index contributed by atoms with van der Waals surface area (Å²) in [6.07, 6.45) is 9.41. The zero-order valence-electron chi connectivity index (χ0n) is 25.2. The minimum Gasteiger partial charge on any atom is -0.465 e. The number of nitrogens with zero attached hydrogens (tertiary/aromatic N) is 4. The van der Waals surface area contributed by atoms with Crippen molar-refractivity contribution >= 4 is 59.6 Å². The number of ether oxygens (including phenoxy) is 1. The van der Waals surface area contributed by atoms with Gasteiger partial charge in [0.25, 0.3) is 5.91 Å². The van der Waals surface area contributed by atoms with Crippen LogP contribution < -0.4 is 5.32 Å². The van der Waals surface area contributed by atoms with Crippen LogP contribution in [0.25, 0.3) is 5.57 Å². The highest BCUT2D eigenvalue weighted by Crippen LogP contribution is 2.30. The number of esters is 1. The van der Waals surface area contributed by atoms with E-state index >= 15 is 0 Å². The molecular formula is C31H41Cl2N5O4S. The van der Waals surface area contributed by atoms with Crippen molar-refractivity contribution in [3.05, 3.63) is 74.9 Å². The summed E-state index contributed by atoms with van der Waals surface area (Å²) in [6, 6.07) is 6.90. The molecule has 43 heavy (non-hydrogen) atoms.